The first-order chi connectivity index (χ1) is 11.4. The molecule has 1 N–H and O–H groups in total. The van der Waals surface area contributed by atoms with Gasteiger partial charge in [0, 0.05) is 17.5 Å². The van der Waals surface area contributed by atoms with Crippen molar-refractivity contribution in [2.75, 3.05) is 5.33 Å². The van der Waals surface area contributed by atoms with E-state index in [-0.39, 0.29) is 0 Å². The largest absolute Gasteiger partial charge is 0.218 e. The molecule has 1 aromatic rings. The van der Waals surface area contributed by atoms with Gasteiger partial charge in [0.25, 0.3) is 0 Å². The first kappa shape index (κ1) is 22.6. The fourth-order valence-electron chi connectivity index (χ4n) is 2.63. The smallest absolute Gasteiger partial charge is 0.166 e. The average Bonchev–Trinajstić information content (AvgIpc) is 2.61. The summed E-state index contributed by atoms with van der Waals surface area (Å²) in [7, 11) is 0. The molecule has 0 aliphatic rings. The van der Waals surface area contributed by atoms with Crippen molar-refractivity contribution in [2.45, 2.75) is 96.8 Å². The fraction of sp³-hybridized carbons (Fsp3) is 0.762. The predicted molar refractivity (Wildman–Crippen MR) is 107 cm³/mol. The van der Waals surface area contributed by atoms with Crippen molar-refractivity contribution in [2.24, 2.45) is 0 Å². The van der Waals surface area contributed by atoms with Crippen LogP contribution in [0.1, 0.15) is 96.8 Å². The summed E-state index contributed by atoms with van der Waals surface area (Å²) in [5, 5.41) is 1.19. The third-order valence-electron chi connectivity index (χ3n) is 4.09. The number of H-pyrrole nitrogens is 1. The van der Waals surface area contributed by atoms with Gasteiger partial charge in [0.1, 0.15) is 0 Å². The standard InChI is InChI=1S/C16H33Br.C5H5N/c1-2-3-4-5-6-7-8-9-10-11-12-13-14-15-16-17;1-2-4-6-5-3-1/h2-16H2,1H3;1-5H/p+1. The van der Waals surface area contributed by atoms with Gasteiger partial charge in [-0.25, -0.2) is 4.98 Å². The third kappa shape index (κ3) is 21.6. The van der Waals surface area contributed by atoms with Crippen LogP contribution in [-0.2, 0) is 0 Å². The zero-order valence-corrected chi connectivity index (χ0v) is 17.0. The number of aromatic amines is 1. The van der Waals surface area contributed by atoms with Gasteiger partial charge in [-0.1, -0.05) is 112 Å². The zero-order valence-electron chi connectivity index (χ0n) is 15.4. The molecule has 0 bridgehead atoms. The van der Waals surface area contributed by atoms with Gasteiger partial charge in [0.15, 0.2) is 12.4 Å². The number of alkyl halides is 1. The minimum atomic E-state index is 1.19. The summed E-state index contributed by atoms with van der Waals surface area (Å²) < 4.78 is 0. The number of hydrogen-bond donors (Lipinski definition) is 0. The van der Waals surface area contributed by atoms with E-state index in [2.05, 4.69) is 27.8 Å². The summed E-state index contributed by atoms with van der Waals surface area (Å²) in [6, 6.07) is 5.86. The van der Waals surface area contributed by atoms with Crippen LogP contribution < -0.4 is 4.98 Å². The molecular weight excluding hydrogens is 346 g/mol. The summed E-state index contributed by atoms with van der Waals surface area (Å²) in [5.41, 5.74) is 0. The van der Waals surface area contributed by atoms with Crippen molar-refractivity contribution in [1.29, 1.82) is 0 Å². The number of pyridine rings is 1. The van der Waals surface area contributed by atoms with Crippen molar-refractivity contribution in [1.82, 2.24) is 0 Å². The molecule has 0 saturated carbocycles. The van der Waals surface area contributed by atoms with E-state index in [1.165, 1.54) is 95.2 Å². The lowest BCUT2D eigenvalue weighted by atomic mass is 10.0. The Hall–Kier alpha value is -0.370. The van der Waals surface area contributed by atoms with Gasteiger partial charge in [-0.15, -0.1) is 0 Å². The maximum atomic E-state index is 3.48. The van der Waals surface area contributed by atoms with Gasteiger partial charge in [-0.2, -0.15) is 0 Å². The van der Waals surface area contributed by atoms with Crippen LogP contribution >= 0.6 is 15.9 Å². The van der Waals surface area contributed by atoms with Crippen molar-refractivity contribution in [3.05, 3.63) is 30.6 Å². The molecule has 0 aliphatic carbocycles. The number of rotatable bonds is 14. The quantitative estimate of drug-likeness (QED) is 0.235. The second-order valence-electron chi connectivity index (χ2n) is 6.36. The molecule has 0 fully saturated rings. The van der Waals surface area contributed by atoms with Crippen molar-refractivity contribution in [3.63, 3.8) is 0 Å². The van der Waals surface area contributed by atoms with Crippen LogP contribution in [0.2, 0.25) is 0 Å². The van der Waals surface area contributed by atoms with E-state index in [4.69, 9.17) is 0 Å². The summed E-state index contributed by atoms with van der Waals surface area (Å²) in [6.07, 6.45) is 24.0. The van der Waals surface area contributed by atoms with E-state index in [1.54, 1.807) is 0 Å². The molecule has 1 nitrogen and oxygen atoms in total. The number of aromatic nitrogens is 1. The number of hydrogen-bond acceptors (Lipinski definition) is 0. The maximum absolute atomic E-state index is 3.48. The molecule has 134 valence electrons. The second kappa shape index (κ2) is 21.6. The van der Waals surface area contributed by atoms with Crippen LogP contribution in [0.4, 0.5) is 0 Å². The lowest BCUT2D eigenvalue weighted by molar-refractivity contribution is -0.377. The van der Waals surface area contributed by atoms with Crippen molar-refractivity contribution in [3.8, 4) is 0 Å². The highest BCUT2D eigenvalue weighted by molar-refractivity contribution is 9.09. The van der Waals surface area contributed by atoms with Gasteiger partial charge in [0.05, 0.1) is 0 Å². The molecule has 23 heavy (non-hydrogen) atoms. The molecule has 1 aromatic heterocycles. The van der Waals surface area contributed by atoms with Crippen LogP contribution in [0.3, 0.4) is 0 Å². The molecule has 0 unspecified atom stereocenters. The first-order valence-electron chi connectivity index (χ1n) is 9.89. The van der Waals surface area contributed by atoms with Gasteiger partial charge in [-0.05, 0) is 6.42 Å². The van der Waals surface area contributed by atoms with Crippen LogP contribution in [-0.4, -0.2) is 5.33 Å². The van der Waals surface area contributed by atoms with Crippen LogP contribution in [0.5, 0.6) is 0 Å². The highest BCUT2D eigenvalue weighted by Crippen LogP contribution is 2.12. The molecule has 2 heteroatoms. The summed E-state index contributed by atoms with van der Waals surface area (Å²) in [4.78, 5) is 2.89. The molecule has 1 heterocycles. The van der Waals surface area contributed by atoms with Gasteiger partial charge < -0.3 is 0 Å². The monoisotopic (exact) mass is 384 g/mol. The van der Waals surface area contributed by atoms with E-state index >= 15 is 0 Å². The lowest BCUT2D eigenvalue weighted by Gasteiger charge is -2.02. The molecule has 0 atom stereocenters. The van der Waals surface area contributed by atoms with Crippen molar-refractivity contribution < 1.29 is 4.98 Å². The van der Waals surface area contributed by atoms with E-state index in [0.717, 1.165) is 0 Å². The average molecular weight is 385 g/mol. The third-order valence-corrected chi connectivity index (χ3v) is 4.66. The molecule has 0 aliphatic heterocycles. The molecular formula is C21H39BrN+. The Balaban J connectivity index is 0.000000664. The minimum absolute atomic E-state index is 1.19. The first-order valence-corrected chi connectivity index (χ1v) is 11.0. The normalized spacial score (nSPS) is 10.2. The summed E-state index contributed by atoms with van der Waals surface area (Å²) in [6.45, 7) is 2.29. The Morgan fingerprint density at radius 3 is 1.22 bits per heavy atom. The number of nitrogens with one attached hydrogen (secondary N) is 1. The Kier molecular flexibility index (Phi) is 21.3. The summed E-state index contributed by atoms with van der Waals surface area (Å²) in [5.74, 6) is 0. The SMILES string of the molecule is CCCCCCCCCCCCCCCCBr.c1cc[nH+]cc1. The second-order valence-corrected chi connectivity index (χ2v) is 7.16. The maximum Gasteiger partial charge on any atom is 0.166 e. The van der Waals surface area contributed by atoms with E-state index in [1.807, 2.05) is 30.6 Å². The highest BCUT2D eigenvalue weighted by atomic mass is 79.9. The van der Waals surface area contributed by atoms with Crippen LogP contribution in [0.15, 0.2) is 30.6 Å². The van der Waals surface area contributed by atoms with E-state index in [0.29, 0.717) is 0 Å². The molecule has 0 radical (unpaired) electrons. The Morgan fingerprint density at radius 1 is 0.565 bits per heavy atom. The van der Waals surface area contributed by atoms with Gasteiger partial charge in [-0.3, -0.25) is 0 Å². The fourth-order valence-corrected chi connectivity index (χ4v) is 3.03. The Morgan fingerprint density at radius 2 is 0.957 bits per heavy atom. The van der Waals surface area contributed by atoms with Gasteiger partial charge >= 0.3 is 0 Å². The van der Waals surface area contributed by atoms with Crippen LogP contribution in [0, 0.1) is 0 Å². The lowest BCUT2D eigenvalue weighted by Crippen LogP contribution is -1.93. The number of unbranched alkanes of at least 4 members (excludes halogenated alkanes) is 13. The predicted octanol–water partition coefficient (Wildman–Crippen LogP) is 7.36. The van der Waals surface area contributed by atoms with E-state index < -0.39 is 0 Å². The molecule has 1 rings (SSSR count). The highest BCUT2D eigenvalue weighted by Gasteiger charge is 1.93. The van der Waals surface area contributed by atoms with Crippen molar-refractivity contribution >= 4 is 15.9 Å². The Bertz CT molecular complexity index is 248. The van der Waals surface area contributed by atoms with E-state index in [9.17, 15) is 0 Å². The molecule has 0 spiro atoms. The molecule has 0 aromatic carbocycles. The number of halogens is 1. The minimum Gasteiger partial charge on any atom is -0.218 e. The molecule has 0 amide bonds. The molecule has 0 saturated heterocycles. The van der Waals surface area contributed by atoms with Gasteiger partial charge in [0.2, 0.25) is 0 Å². The topological polar surface area (TPSA) is 14.1 Å². The van der Waals surface area contributed by atoms with Crippen LogP contribution in [0.25, 0.3) is 0 Å². The Labute approximate surface area is 153 Å². The summed E-state index contributed by atoms with van der Waals surface area (Å²) >= 11 is 3.48. The zero-order chi connectivity index (χ0) is 16.8.